The summed E-state index contributed by atoms with van der Waals surface area (Å²) >= 11 is 1.89. The van der Waals surface area contributed by atoms with Crippen molar-refractivity contribution < 1.29 is 4.52 Å². The van der Waals surface area contributed by atoms with Gasteiger partial charge in [-0.1, -0.05) is 11.6 Å². The summed E-state index contributed by atoms with van der Waals surface area (Å²) in [7, 11) is 0. The fourth-order valence-corrected chi connectivity index (χ4v) is 5.22. The molecule has 2 aliphatic carbocycles. The van der Waals surface area contributed by atoms with Crippen molar-refractivity contribution in [3.05, 3.63) is 11.7 Å². The highest BCUT2D eigenvalue weighted by Gasteiger charge is 2.43. The summed E-state index contributed by atoms with van der Waals surface area (Å²) in [5.41, 5.74) is 6.09. The van der Waals surface area contributed by atoms with E-state index < -0.39 is 0 Å². The van der Waals surface area contributed by atoms with Gasteiger partial charge < -0.3 is 10.3 Å². The SMILES string of the molecule is NC1CSCC1c1nc(C2CC3CCC2C3)no1. The van der Waals surface area contributed by atoms with Gasteiger partial charge in [0.05, 0.1) is 5.92 Å². The normalized spacial score (nSPS) is 42.8. The van der Waals surface area contributed by atoms with Crippen LogP contribution < -0.4 is 5.73 Å². The highest BCUT2D eigenvalue weighted by atomic mass is 32.2. The molecule has 5 atom stereocenters. The first-order valence-corrected chi connectivity index (χ1v) is 8.13. The lowest BCUT2D eigenvalue weighted by molar-refractivity contribution is 0.336. The van der Waals surface area contributed by atoms with Gasteiger partial charge in [0.25, 0.3) is 0 Å². The van der Waals surface area contributed by atoms with Crippen molar-refractivity contribution in [3.8, 4) is 0 Å². The molecule has 2 heterocycles. The molecule has 2 saturated carbocycles. The van der Waals surface area contributed by atoms with Gasteiger partial charge in [0.2, 0.25) is 5.89 Å². The standard InChI is InChI=1S/C13H19N3OS/c14-11-6-18-5-10(11)13-15-12(16-17-13)9-4-7-1-2-8(9)3-7/h7-11H,1-6,14H2. The van der Waals surface area contributed by atoms with Crippen molar-refractivity contribution in [3.63, 3.8) is 0 Å². The fraction of sp³-hybridized carbons (Fsp3) is 0.846. The molecule has 4 nitrogen and oxygen atoms in total. The maximum Gasteiger partial charge on any atom is 0.232 e. The molecule has 0 radical (unpaired) electrons. The molecular formula is C13H19N3OS. The number of nitrogens with two attached hydrogens (primary N) is 1. The molecule has 2 N–H and O–H groups in total. The van der Waals surface area contributed by atoms with Crippen molar-refractivity contribution >= 4 is 11.8 Å². The Bertz CT molecular complexity index is 449. The molecular weight excluding hydrogens is 246 g/mol. The van der Waals surface area contributed by atoms with Gasteiger partial charge in [-0.3, -0.25) is 0 Å². The van der Waals surface area contributed by atoms with Crippen LogP contribution >= 0.6 is 11.8 Å². The molecule has 4 rings (SSSR count). The van der Waals surface area contributed by atoms with E-state index >= 15 is 0 Å². The molecule has 5 unspecified atom stereocenters. The smallest absolute Gasteiger partial charge is 0.232 e. The third kappa shape index (κ3) is 1.71. The zero-order valence-corrected chi connectivity index (χ0v) is 11.2. The van der Waals surface area contributed by atoms with E-state index in [0.29, 0.717) is 5.92 Å². The molecule has 98 valence electrons. The number of rotatable bonds is 2. The van der Waals surface area contributed by atoms with E-state index in [2.05, 4.69) is 10.1 Å². The van der Waals surface area contributed by atoms with E-state index in [-0.39, 0.29) is 12.0 Å². The summed E-state index contributed by atoms with van der Waals surface area (Å²) in [6, 6.07) is 0.184. The van der Waals surface area contributed by atoms with Crippen LogP contribution in [0.25, 0.3) is 0 Å². The molecule has 2 bridgehead atoms. The van der Waals surface area contributed by atoms with Crippen LogP contribution in [0.5, 0.6) is 0 Å². The molecule has 0 aromatic carbocycles. The van der Waals surface area contributed by atoms with Gasteiger partial charge in [-0.2, -0.15) is 16.7 Å². The molecule has 1 aromatic rings. The van der Waals surface area contributed by atoms with Crippen molar-refractivity contribution in [2.24, 2.45) is 17.6 Å². The molecule has 0 spiro atoms. The largest absolute Gasteiger partial charge is 0.339 e. The van der Waals surface area contributed by atoms with Crippen molar-refractivity contribution in [1.82, 2.24) is 10.1 Å². The summed E-state index contributed by atoms with van der Waals surface area (Å²) in [6.45, 7) is 0. The highest BCUT2D eigenvalue weighted by molar-refractivity contribution is 7.99. The third-order valence-electron chi connectivity index (χ3n) is 4.97. The van der Waals surface area contributed by atoms with Gasteiger partial charge in [0, 0.05) is 23.5 Å². The van der Waals surface area contributed by atoms with Crippen LogP contribution in [-0.2, 0) is 0 Å². The van der Waals surface area contributed by atoms with E-state index in [0.717, 1.165) is 35.1 Å². The van der Waals surface area contributed by atoms with Crippen molar-refractivity contribution in [1.29, 1.82) is 0 Å². The molecule has 0 amide bonds. The van der Waals surface area contributed by atoms with Gasteiger partial charge in [-0.15, -0.1) is 0 Å². The Hall–Kier alpha value is -0.550. The molecule has 3 aliphatic rings. The summed E-state index contributed by atoms with van der Waals surface area (Å²) in [5.74, 6) is 6.35. The van der Waals surface area contributed by atoms with Crippen molar-refractivity contribution in [2.45, 2.75) is 43.6 Å². The second kappa shape index (κ2) is 4.23. The zero-order chi connectivity index (χ0) is 12.1. The summed E-state index contributed by atoms with van der Waals surface area (Å²) in [6.07, 6.45) is 5.43. The monoisotopic (exact) mass is 265 g/mol. The summed E-state index contributed by atoms with van der Waals surface area (Å²) in [4.78, 5) is 4.67. The zero-order valence-electron chi connectivity index (χ0n) is 10.4. The van der Waals surface area contributed by atoms with E-state index in [4.69, 9.17) is 10.3 Å². The first-order valence-electron chi connectivity index (χ1n) is 6.98. The van der Waals surface area contributed by atoms with Crippen LogP contribution in [0.3, 0.4) is 0 Å². The average molecular weight is 265 g/mol. The highest BCUT2D eigenvalue weighted by Crippen LogP contribution is 2.52. The van der Waals surface area contributed by atoms with Crippen LogP contribution in [0.15, 0.2) is 4.52 Å². The first-order chi connectivity index (χ1) is 8.81. The molecule has 1 aromatic heterocycles. The maximum absolute atomic E-state index is 6.09. The Kier molecular flexibility index (Phi) is 2.66. The van der Waals surface area contributed by atoms with E-state index in [9.17, 15) is 0 Å². The minimum absolute atomic E-state index is 0.184. The topological polar surface area (TPSA) is 64.9 Å². The van der Waals surface area contributed by atoms with Gasteiger partial charge in [0.1, 0.15) is 0 Å². The molecule has 3 fully saturated rings. The van der Waals surface area contributed by atoms with Gasteiger partial charge in [-0.05, 0) is 31.1 Å². The Morgan fingerprint density at radius 1 is 1.17 bits per heavy atom. The second-order valence-electron chi connectivity index (χ2n) is 6.08. The summed E-state index contributed by atoms with van der Waals surface area (Å²) in [5, 5.41) is 4.25. The minimum atomic E-state index is 0.184. The average Bonchev–Trinajstić information content (AvgIpc) is 3.12. The molecule has 1 aliphatic heterocycles. The molecule has 1 saturated heterocycles. The number of fused-ring (bicyclic) bond motifs is 2. The van der Waals surface area contributed by atoms with E-state index in [1.807, 2.05) is 11.8 Å². The quantitative estimate of drug-likeness (QED) is 0.887. The van der Waals surface area contributed by atoms with Crippen molar-refractivity contribution in [2.75, 3.05) is 11.5 Å². The second-order valence-corrected chi connectivity index (χ2v) is 7.15. The Morgan fingerprint density at radius 2 is 2.11 bits per heavy atom. The predicted octanol–water partition coefficient (Wildman–Crippen LogP) is 2.13. The van der Waals surface area contributed by atoms with Crippen LogP contribution in [0.4, 0.5) is 0 Å². The lowest BCUT2D eigenvalue weighted by atomic mass is 9.88. The lowest BCUT2D eigenvalue weighted by Gasteiger charge is -2.17. The van der Waals surface area contributed by atoms with Gasteiger partial charge in [0.15, 0.2) is 5.82 Å². The Labute approximate surface area is 111 Å². The number of aromatic nitrogens is 2. The number of hydrogen-bond donors (Lipinski definition) is 1. The fourth-order valence-electron chi connectivity index (χ4n) is 3.93. The predicted molar refractivity (Wildman–Crippen MR) is 70.5 cm³/mol. The van der Waals surface area contributed by atoms with Gasteiger partial charge in [-0.25, -0.2) is 0 Å². The van der Waals surface area contributed by atoms with Gasteiger partial charge >= 0.3 is 0 Å². The Morgan fingerprint density at radius 3 is 2.78 bits per heavy atom. The Balaban J connectivity index is 1.55. The lowest BCUT2D eigenvalue weighted by Crippen LogP contribution is -2.26. The minimum Gasteiger partial charge on any atom is -0.339 e. The van der Waals surface area contributed by atoms with Crippen LogP contribution in [-0.4, -0.2) is 27.7 Å². The summed E-state index contributed by atoms with van der Waals surface area (Å²) < 4.78 is 5.48. The van der Waals surface area contributed by atoms with E-state index in [1.165, 1.54) is 25.7 Å². The maximum atomic E-state index is 6.09. The number of nitrogens with zero attached hydrogens (tertiary/aromatic N) is 2. The third-order valence-corrected chi connectivity index (χ3v) is 6.18. The van der Waals surface area contributed by atoms with Crippen LogP contribution in [0, 0.1) is 11.8 Å². The molecule has 18 heavy (non-hydrogen) atoms. The molecule has 5 heteroatoms. The van der Waals surface area contributed by atoms with E-state index in [1.54, 1.807) is 0 Å². The number of hydrogen-bond acceptors (Lipinski definition) is 5. The van der Waals surface area contributed by atoms with Crippen LogP contribution in [0.1, 0.15) is 49.2 Å². The number of thioether (sulfide) groups is 1. The van der Waals surface area contributed by atoms with Crippen LogP contribution in [0.2, 0.25) is 0 Å². The first kappa shape index (κ1) is 11.3.